The summed E-state index contributed by atoms with van der Waals surface area (Å²) in [7, 11) is 0. The van der Waals surface area contributed by atoms with Crippen LogP contribution in [-0.4, -0.2) is 0 Å². The zero-order chi connectivity index (χ0) is 4.24. The molecule has 1 aliphatic carbocycles. The van der Waals surface area contributed by atoms with Gasteiger partial charge in [-0.3, -0.25) is 0 Å². The normalized spacial score (nSPS) is 14.0. The first kappa shape index (κ1) is 11.0. The number of hydrogen-bond acceptors (Lipinski definition) is 0. The Bertz CT molecular complexity index is 70.4. The topological polar surface area (TPSA) is 0 Å². The molecule has 0 heterocycles. The molecule has 0 nitrogen and oxygen atoms in total. The molecule has 0 fully saturated rings. The van der Waals surface area contributed by atoms with Crippen LogP contribution in [0.4, 0.5) is 0 Å². The van der Waals surface area contributed by atoms with Gasteiger partial charge in [0.1, 0.15) is 0 Å². The molecule has 1 aliphatic rings. The van der Waals surface area contributed by atoms with E-state index in [0.29, 0.717) is 0 Å². The van der Waals surface area contributed by atoms with Crippen LogP contribution in [0, 0.1) is 0 Å². The van der Waals surface area contributed by atoms with E-state index in [4.69, 9.17) is 0 Å². The van der Waals surface area contributed by atoms with E-state index in [2.05, 4.69) is 24.3 Å². The van der Waals surface area contributed by atoms with Crippen molar-refractivity contribution in [1.29, 1.82) is 0 Å². The van der Waals surface area contributed by atoms with E-state index in [0.717, 1.165) is 0 Å². The Hall–Kier alpha value is 0.142. The van der Waals surface area contributed by atoms with E-state index in [1.54, 1.807) is 0 Å². The van der Waals surface area contributed by atoms with Crippen molar-refractivity contribution < 1.29 is 20.4 Å². The van der Waals surface area contributed by atoms with Crippen LogP contribution < -0.4 is 0 Å². The van der Waals surface area contributed by atoms with Gasteiger partial charge in [0, 0.05) is 20.4 Å². The molecule has 0 saturated carbocycles. The van der Waals surface area contributed by atoms with Gasteiger partial charge in [0.2, 0.25) is 0 Å². The summed E-state index contributed by atoms with van der Waals surface area (Å²) >= 11 is 0. The van der Waals surface area contributed by atoms with E-state index in [1.165, 1.54) is 12.8 Å². The molecule has 0 saturated heterocycles. The summed E-state index contributed by atoms with van der Waals surface area (Å²) in [5.74, 6) is 0. The van der Waals surface area contributed by atoms with Crippen LogP contribution in [0.3, 0.4) is 0 Å². The quantitative estimate of drug-likeness (QED) is 0.530. The van der Waals surface area contributed by atoms with Crippen LogP contribution in [0.25, 0.3) is 0 Å². The van der Waals surface area contributed by atoms with Gasteiger partial charge < -0.3 is 0 Å². The average Bonchev–Trinajstić information content (AvgIpc) is 1.72. The zero-order valence-electron chi connectivity index (χ0n) is 4.04. The second kappa shape index (κ2) is 7.14. The third-order valence-electron chi connectivity index (χ3n) is 0.883. The van der Waals surface area contributed by atoms with E-state index < -0.39 is 0 Å². The minimum Gasteiger partial charge on any atom is -0.0842 e. The summed E-state index contributed by atoms with van der Waals surface area (Å²) in [6, 6.07) is 0. The van der Waals surface area contributed by atoms with Crippen LogP contribution in [0.15, 0.2) is 24.3 Å². The minimum absolute atomic E-state index is 0. The molecule has 50 valence electrons. The van der Waals surface area contributed by atoms with Crippen molar-refractivity contribution in [3.63, 3.8) is 0 Å². The molecule has 0 spiro atoms. The molecule has 8 heavy (non-hydrogen) atoms. The van der Waals surface area contributed by atoms with Crippen molar-refractivity contribution in [3.05, 3.63) is 24.3 Å². The van der Waals surface area contributed by atoms with Gasteiger partial charge in [0.05, 0.1) is 0 Å². The predicted molar refractivity (Wildman–Crippen MR) is 34.2 cm³/mol. The summed E-state index contributed by atoms with van der Waals surface area (Å²) in [5, 5.41) is 0. The van der Waals surface area contributed by atoms with Gasteiger partial charge in [-0.25, -0.2) is 0 Å². The minimum atomic E-state index is 0. The second-order valence-electron chi connectivity index (χ2n) is 1.43. The van der Waals surface area contributed by atoms with Gasteiger partial charge >= 0.3 is 0 Å². The maximum Gasteiger partial charge on any atom is 0 e. The van der Waals surface area contributed by atoms with Crippen molar-refractivity contribution in [2.75, 3.05) is 0 Å². The molecule has 1 heteroatoms. The Morgan fingerprint density at radius 3 is 1.38 bits per heavy atom. The van der Waals surface area contributed by atoms with E-state index >= 15 is 0 Å². The van der Waals surface area contributed by atoms with Crippen molar-refractivity contribution in [3.8, 4) is 0 Å². The van der Waals surface area contributed by atoms with Gasteiger partial charge in [-0.2, -0.15) is 0 Å². The van der Waals surface area contributed by atoms with Crippen molar-refractivity contribution in [2.45, 2.75) is 20.3 Å². The molecule has 0 amide bonds. The second-order valence-corrected chi connectivity index (χ2v) is 1.43. The molecule has 0 aliphatic heterocycles. The molecule has 0 aromatic carbocycles. The Kier molecular flexibility index (Phi) is 9.83. The molecule has 0 radical (unpaired) electrons. The van der Waals surface area contributed by atoms with E-state index in [9.17, 15) is 0 Å². The fourth-order valence-corrected chi connectivity index (χ4v) is 0.542. The molecule has 0 aromatic heterocycles. The Morgan fingerprint density at radius 1 is 0.875 bits per heavy atom. The number of rotatable bonds is 0. The molecular formula is C7H12Pd. The Balaban J connectivity index is 0. The van der Waals surface area contributed by atoms with Crippen LogP contribution in [0.5, 0.6) is 0 Å². The first-order chi connectivity index (χ1) is 3.00. The van der Waals surface area contributed by atoms with Crippen LogP contribution in [-0.2, 0) is 20.4 Å². The third kappa shape index (κ3) is 4.31. The average molecular weight is 203 g/mol. The molecule has 0 atom stereocenters. The SMILES string of the molecule is C.C1=CCCC=C1.[Pd]. The molecule has 0 unspecified atom stereocenters. The van der Waals surface area contributed by atoms with Gasteiger partial charge in [-0.15, -0.1) is 0 Å². The Morgan fingerprint density at radius 2 is 1.25 bits per heavy atom. The van der Waals surface area contributed by atoms with E-state index in [-0.39, 0.29) is 27.8 Å². The molecule has 0 aromatic rings. The first-order valence-corrected chi connectivity index (χ1v) is 2.32. The summed E-state index contributed by atoms with van der Waals surface area (Å²) in [4.78, 5) is 0. The molecule has 1 rings (SSSR count). The molecular weight excluding hydrogens is 190 g/mol. The molecule has 0 bridgehead atoms. The van der Waals surface area contributed by atoms with Crippen molar-refractivity contribution in [2.24, 2.45) is 0 Å². The summed E-state index contributed by atoms with van der Waals surface area (Å²) in [5.41, 5.74) is 0. The fourth-order valence-electron chi connectivity index (χ4n) is 0.542. The maximum absolute atomic E-state index is 2.18. The van der Waals surface area contributed by atoms with Crippen LogP contribution >= 0.6 is 0 Å². The van der Waals surface area contributed by atoms with Gasteiger partial charge in [0.25, 0.3) is 0 Å². The number of allylic oxidation sites excluding steroid dienone is 4. The third-order valence-corrected chi connectivity index (χ3v) is 0.883. The van der Waals surface area contributed by atoms with Crippen molar-refractivity contribution in [1.82, 2.24) is 0 Å². The van der Waals surface area contributed by atoms with Gasteiger partial charge in [-0.1, -0.05) is 31.7 Å². The zero-order valence-corrected chi connectivity index (χ0v) is 5.59. The standard InChI is InChI=1S/C6H8.CH4.Pd/c1-2-4-6-5-3-1;;/h1-4H,5-6H2;1H4;. The van der Waals surface area contributed by atoms with E-state index in [1.807, 2.05) is 0 Å². The largest absolute Gasteiger partial charge is 0.0842 e. The summed E-state index contributed by atoms with van der Waals surface area (Å²) < 4.78 is 0. The predicted octanol–water partition coefficient (Wildman–Crippen LogP) is 2.53. The smallest absolute Gasteiger partial charge is 0 e. The Labute approximate surface area is 65.3 Å². The van der Waals surface area contributed by atoms with Crippen LogP contribution in [0.1, 0.15) is 20.3 Å². The van der Waals surface area contributed by atoms with Crippen molar-refractivity contribution >= 4 is 0 Å². The summed E-state index contributed by atoms with van der Waals surface area (Å²) in [6.07, 6.45) is 11.0. The van der Waals surface area contributed by atoms with Gasteiger partial charge in [-0.05, 0) is 12.8 Å². The maximum atomic E-state index is 2.18. The monoisotopic (exact) mass is 202 g/mol. The fraction of sp³-hybridized carbons (Fsp3) is 0.429. The van der Waals surface area contributed by atoms with Crippen LogP contribution in [0.2, 0.25) is 0 Å². The number of hydrogen-bond donors (Lipinski definition) is 0. The summed E-state index contributed by atoms with van der Waals surface area (Å²) in [6.45, 7) is 0. The first-order valence-electron chi connectivity index (χ1n) is 2.32. The van der Waals surface area contributed by atoms with Gasteiger partial charge in [0.15, 0.2) is 0 Å². The molecule has 0 N–H and O–H groups in total.